The molecule has 4 nitrogen and oxygen atoms in total. The van der Waals surface area contributed by atoms with E-state index in [4.69, 9.17) is 0 Å². The summed E-state index contributed by atoms with van der Waals surface area (Å²) in [5, 5.41) is 4.96. The van der Waals surface area contributed by atoms with Gasteiger partial charge in [-0.1, -0.05) is 279 Å². The van der Waals surface area contributed by atoms with Crippen LogP contribution >= 0.6 is 0 Å². The minimum atomic E-state index is -0.170. The van der Waals surface area contributed by atoms with Gasteiger partial charge in [-0.25, -0.2) is 0 Å². The Balaban J connectivity index is 0.900. The number of hydrogen-bond acceptors (Lipinski definition) is 2. The summed E-state index contributed by atoms with van der Waals surface area (Å²) in [5.74, 6) is 0. The van der Waals surface area contributed by atoms with E-state index >= 15 is 0 Å². The van der Waals surface area contributed by atoms with Crippen LogP contribution in [0, 0.1) is 0 Å². The van der Waals surface area contributed by atoms with E-state index in [0.717, 1.165) is 57.3 Å². The number of anilines is 6. The standard InChI is InChI=1S/C102H95BN4/c1-97(2,3)71-40-51-91-80(60-71)78-28-20-22-30-88(78)106(91)74-45-49-87-93(61-74)105(73-43-34-66(35-44-73)69-37-47-83-85(58-69)102(13,14)55-53-100(83,9)10)95-63-75(107-89-31-23-19-27-77(89)79-56-67(39-50-90(79)107)64-24-16-15-17-25-64)62-94-96(95)103(87)86-48-38-70(76-26-18-21-29-81(76)98(4,5)6)59-92(86)104(94)72-41-32-65(33-42-72)68-36-46-82-84(57-68)101(11,12)54-52-99(82,7)8/h15-51,56-63H,52-55H2,1-14H3. The van der Waals surface area contributed by atoms with Crippen molar-refractivity contribution >= 4 is 101 Å². The largest absolute Gasteiger partial charge is 0.311 e. The molecule has 0 fully saturated rings. The number of hydrogen-bond donors (Lipinski definition) is 0. The zero-order valence-electron chi connectivity index (χ0n) is 64.7. The molecule has 2 aromatic heterocycles. The lowest BCUT2D eigenvalue weighted by atomic mass is 9.33. The second-order valence-electron chi connectivity index (χ2n) is 36.2. The van der Waals surface area contributed by atoms with Crippen molar-refractivity contribution in [1.82, 2.24) is 9.13 Å². The quantitative estimate of drug-likeness (QED) is 0.141. The number of benzene rings is 13. The van der Waals surface area contributed by atoms with Gasteiger partial charge in [-0.3, -0.25) is 0 Å². The van der Waals surface area contributed by atoms with Gasteiger partial charge in [0.15, 0.2) is 0 Å². The minimum Gasteiger partial charge on any atom is -0.311 e. The molecule has 15 aromatic rings. The van der Waals surface area contributed by atoms with Crippen molar-refractivity contribution in [2.75, 3.05) is 9.80 Å². The van der Waals surface area contributed by atoms with E-state index < -0.39 is 0 Å². The molecule has 0 radical (unpaired) electrons. The van der Waals surface area contributed by atoms with Gasteiger partial charge < -0.3 is 18.9 Å². The fourth-order valence-electron chi connectivity index (χ4n) is 19.3. The van der Waals surface area contributed by atoms with Crippen molar-refractivity contribution in [3.63, 3.8) is 0 Å². The van der Waals surface area contributed by atoms with Gasteiger partial charge in [0.05, 0.1) is 27.8 Å². The number of fused-ring (bicyclic) bond motifs is 12. The van der Waals surface area contributed by atoms with E-state index in [2.05, 4.69) is 389 Å². The molecule has 13 aromatic carbocycles. The summed E-state index contributed by atoms with van der Waals surface area (Å²) < 4.78 is 5.09. The van der Waals surface area contributed by atoms with Crippen LogP contribution in [0.5, 0.6) is 0 Å². The Labute approximate surface area is 633 Å². The number of rotatable bonds is 8. The Morgan fingerprint density at radius 2 is 0.682 bits per heavy atom. The molecule has 0 N–H and O–H groups in total. The average Bonchev–Trinajstić information content (AvgIpc) is 0.998. The number of para-hydroxylation sites is 2. The molecule has 2 aliphatic heterocycles. The van der Waals surface area contributed by atoms with Crippen LogP contribution in [0.3, 0.4) is 0 Å². The van der Waals surface area contributed by atoms with Crippen molar-refractivity contribution in [3.05, 3.63) is 306 Å². The van der Waals surface area contributed by atoms with Gasteiger partial charge in [0.25, 0.3) is 6.71 Å². The summed E-state index contributed by atoms with van der Waals surface area (Å²) in [6.07, 6.45) is 4.70. The minimum absolute atomic E-state index is 0.0224. The van der Waals surface area contributed by atoms with E-state index in [0.29, 0.717) is 0 Å². The summed E-state index contributed by atoms with van der Waals surface area (Å²) in [6, 6.07) is 106. The van der Waals surface area contributed by atoms with Crippen molar-refractivity contribution < 1.29 is 0 Å². The Kier molecular flexibility index (Phi) is 14.9. The molecule has 526 valence electrons. The van der Waals surface area contributed by atoms with Crippen molar-refractivity contribution in [1.29, 1.82) is 0 Å². The predicted molar refractivity (Wildman–Crippen MR) is 459 cm³/mol. The molecule has 0 saturated carbocycles. The Hall–Kier alpha value is -10.9. The van der Waals surface area contributed by atoms with Gasteiger partial charge in [0.2, 0.25) is 0 Å². The molecule has 4 aliphatic rings. The van der Waals surface area contributed by atoms with Crippen molar-refractivity contribution in [3.8, 4) is 55.9 Å². The maximum absolute atomic E-state index is 2.64. The summed E-state index contributed by atoms with van der Waals surface area (Å²) in [5.41, 5.74) is 36.2. The first-order chi connectivity index (χ1) is 51.3. The summed E-state index contributed by atoms with van der Waals surface area (Å²) >= 11 is 0. The first-order valence-electron chi connectivity index (χ1n) is 39.1. The van der Waals surface area contributed by atoms with Gasteiger partial charge in [-0.15, -0.1) is 0 Å². The van der Waals surface area contributed by atoms with E-state index in [9.17, 15) is 0 Å². The number of nitrogens with zero attached hydrogens (tertiary/aromatic N) is 4. The van der Waals surface area contributed by atoms with Gasteiger partial charge in [0.1, 0.15) is 0 Å². The zero-order valence-corrected chi connectivity index (χ0v) is 64.7. The highest BCUT2D eigenvalue weighted by atomic mass is 15.2. The van der Waals surface area contributed by atoms with Crippen LogP contribution in [0.25, 0.3) is 99.5 Å². The van der Waals surface area contributed by atoms with Crippen LogP contribution in [0.15, 0.2) is 273 Å². The third-order valence-corrected chi connectivity index (χ3v) is 25.5. The van der Waals surface area contributed by atoms with Crippen LogP contribution in [-0.4, -0.2) is 15.8 Å². The van der Waals surface area contributed by atoms with Crippen LogP contribution < -0.4 is 26.2 Å². The normalized spacial score (nSPS) is 16.0. The van der Waals surface area contributed by atoms with E-state index in [1.165, 1.54) is 152 Å². The van der Waals surface area contributed by atoms with Crippen LogP contribution in [0.1, 0.15) is 156 Å². The zero-order chi connectivity index (χ0) is 73.6. The molecule has 0 atom stereocenters. The highest BCUT2D eigenvalue weighted by Gasteiger charge is 2.46. The smallest absolute Gasteiger partial charge is 0.252 e. The second-order valence-corrected chi connectivity index (χ2v) is 36.2. The Morgan fingerprint density at radius 3 is 1.23 bits per heavy atom. The molecule has 4 heterocycles. The first-order valence-corrected chi connectivity index (χ1v) is 39.1. The third-order valence-electron chi connectivity index (χ3n) is 25.5. The molecule has 0 saturated heterocycles. The van der Waals surface area contributed by atoms with E-state index in [1.54, 1.807) is 0 Å². The first kappa shape index (κ1) is 66.8. The van der Waals surface area contributed by atoms with E-state index in [1.807, 2.05) is 0 Å². The molecule has 0 unspecified atom stereocenters. The molecule has 19 rings (SSSR count). The Morgan fingerprint density at radius 1 is 0.280 bits per heavy atom. The Bertz CT molecular complexity index is 6160. The third kappa shape index (κ3) is 10.7. The topological polar surface area (TPSA) is 16.3 Å². The van der Waals surface area contributed by atoms with Crippen molar-refractivity contribution in [2.24, 2.45) is 0 Å². The van der Waals surface area contributed by atoms with E-state index in [-0.39, 0.29) is 39.2 Å². The maximum Gasteiger partial charge on any atom is 0.252 e. The predicted octanol–water partition coefficient (Wildman–Crippen LogP) is 25.9. The SMILES string of the molecule is CC(C)(C)c1ccc2c(c1)c1ccccc1n2-c1ccc2c(c1)N(c1ccc(-c3ccc4c(c3)C(C)(C)CCC4(C)C)cc1)c1cc(-n3c4ccccc4c4cc(-c5ccccc5)ccc43)cc3c1B2c1ccc(-c2ccccc2C(C)(C)C)cc1N3c1ccc(-c2ccc3c(c2)C(C)(C)CCC3(C)C)cc1. The fraction of sp³-hybridized carbons (Fsp3) is 0.235. The molecular formula is C102H95BN4. The average molecular weight is 1390 g/mol. The van der Waals surface area contributed by atoms with Crippen LogP contribution in [-0.2, 0) is 32.5 Å². The lowest BCUT2D eigenvalue weighted by Gasteiger charge is -2.45. The van der Waals surface area contributed by atoms with Gasteiger partial charge in [-0.05, 0) is 243 Å². The molecule has 107 heavy (non-hydrogen) atoms. The van der Waals surface area contributed by atoms with Crippen LogP contribution in [0.4, 0.5) is 34.1 Å². The van der Waals surface area contributed by atoms with Crippen molar-refractivity contribution in [2.45, 2.75) is 155 Å². The number of aromatic nitrogens is 2. The second kappa shape index (κ2) is 23.8. The monoisotopic (exact) mass is 1390 g/mol. The summed E-state index contributed by atoms with van der Waals surface area (Å²) in [6.45, 7) is 33.3. The van der Waals surface area contributed by atoms with Gasteiger partial charge >= 0.3 is 0 Å². The van der Waals surface area contributed by atoms with Crippen LogP contribution in [0.2, 0.25) is 0 Å². The molecule has 2 aliphatic carbocycles. The summed E-state index contributed by atoms with van der Waals surface area (Å²) in [4.78, 5) is 5.29. The molecular weight excluding hydrogens is 1290 g/mol. The van der Waals surface area contributed by atoms with Gasteiger partial charge in [0, 0.05) is 61.4 Å². The van der Waals surface area contributed by atoms with Gasteiger partial charge in [-0.2, -0.15) is 0 Å². The molecule has 5 heteroatoms. The lowest BCUT2D eigenvalue weighted by Crippen LogP contribution is -2.61. The molecule has 0 spiro atoms. The highest BCUT2D eigenvalue weighted by molar-refractivity contribution is 7.00. The summed E-state index contributed by atoms with van der Waals surface area (Å²) in [7, 11) is 0. The molecule has 0 bridgehead atoms. The lowest BCUT2D eigenvalue weighted by molar-refractivity contribution is 0.332. The fourth-order valence-corrected chi connectivity index (χ4v) is 19.3. The maximum atomic E-state index is 2.64. The highest BCUT2D eigenvalue weighted by Crippen LogP contribution is 2.53. The molecule has 0 amide bonds.